The van der Waals surface area contributed by atoms with Gasteiger partial charge in [-0.05, 0) is 67.8 Å². The second-order valence-corrected chi connectivity index (χ2v) is 4.89. The molecular formula is C13H18ClN. The molecule has 0 aromatic heterocycles. The Kier molecular flexibility index (Phi) is 3.66. The first-order valence-electron chi connectivity index (χ1n) is 5.77. The molecule has 2 rings (SSSR count). The van der Waals surface area contributed by atoms with Crippen LogP contribution in [0.1, 0.15) is 30.4 Å². The van der Waals surface area contributed by atoms with E-state index in [4.69, 9.17) is 17.3 Å². The second-order valence-electron chi connectivity index (χ2n) is 4.45. The SMILES string of the molecule is NCCCC1CCc2cc(Cl)ccc2C1. The van der Waals surface area contributed by atoms with Gasteiger partial charge in [0.05, 0.1) is 0 Å². The van der Waals surface area contributed by atoms with Gasteiger partial charge >= 0.3 is 0 Å². The molecule has 2 heteroatoms. The van der Waals surface area contributed by atoms with Crippen LogP contribution in [0.25, 0.3) is 0 Å². The van der Waals surface area contributed by atoms with E-state index in [1.807, 2.05) is 6.07 Å². The molecule has 82 valence electrons. The highest BCUT2D eigenvalue weighted by Crippen LogP contribution is 2.29. The Morgan fingerprint density at radius 2 is 2.20 bits per heavy atom. The third-order valence-electron chi connectivity index (χ3n) is 3.32. The maximum atomic E-state index is 5.98. The normalized spacial score (nSPS) is 20.0. The first-order chi connectivity index (χ1) is 7.29. The summed E-state index contributed by atoms with van der Waals surface area (Å²) >= 11 is 5.98. The lowest BCUT2D eigenvalue weighted by molar-refractivity contribution is 0.417. The number of rotatable bonds is 3. The van der Waals surface area contributed by atoms with E-state index in [0.29, 0.717) is 0 Å². The quantitative estimate of drug-likeness (QED) is 0.837. The summed E-state index contributed by atoms with van der Waals surface area (Å²) in [5.41, 5.74) is 8.49. The van der Waals surface area contributed by atoms with Crippen LogP contribution in [0.2, 0.25) is 5.02 Å². The first-order valence-corrected chi connectivity index (χ1v) is 6.15. The standard InChI is InChI=1S/C13H18ClN/c14-13-6-5-11-8-10(2-1-7-15)3-4-12(11)9-13/h5-6,9-10H,1-4,7-8,15H2. The Bertz CT molecular complexity index is 335. The van der Waals surface area contributed by atoms with E-state index < -0.39 is 0 Å². The van der Waals surface area contributed by atoms with Gasteiger partial charge in [-0.2, -0.15) is 0 Å². The van der Waals surface area contributed by atoms with Gasteiger partial charge in [0.25, 0.3) is 0 Å². The zero-order chi connectivity index (χ0) is 10.7. The van der Waals surface area contributed by atoms with Gasteiger partial charge < -0.3 is 5.73 Å². The highest BCUT2D eigenvalue weighted by Gasteiger charge is 2.17. The second kappa shape index (κ2) is 5.00. The highest BCUT2D eigenvalue weighted by atomic mass is 35.5. The summed E-state index contributed by atoms with van der Waals surface area (Å²) in [7, 11) is 0. The molecule has 1 aliphatic rings. The fourth-order valence-corrected chi connectivity index (χ4v) is 2.65. The van der Waals surface area contributed by atoms with Crippen LogP contribution in [-0.2, 0) is 12.8 Å². The molecular weight excluding hydrogens is 206 g/mol. The summed E-state index contributed by atoms with van der Waals surface area (Å²) in [5.74, 6) is 0.835. The van der Waals surface area contributed by atoms with Gasteiger partial charge in [-0.25, -0.2) is 0 Å². The molecule has 1 aromatic rings. The Morgan fingerprint density at radius 3 is 3.00 bits per heavy atom. The van der Waals surface area contributed by atoms with Crippen LogP contribution in [0.15, 0.2) is 18.2 Å². The van der Waals surface area contributed by atoms with Crippen molar-refractivity contribution in [1.29, 1.82) is 0 Å². The summed E-state index contributed by atoms with van der Waals surface area (Å²) in [6.45, 7) is 0.823. The van der Waals surface area contributed by atoms with Crippen LogP contribution in [0.3, 0.4) is 0 Å². The van der Waals surface area contributed by atoms with Gasteiger partial charge in [-0.1, -0.05) is 17.7 Å². The molecule has 0 fully saturated rings. The van der Waals surface area contributed by atoms with Crippen LogP contribution >= 0.6 is 11.6 Å². The lowest BCUT2D eigenvalue weighted by atomic mass is 9.82. The van der Waals surface area contributed by atoms with Gasteiger partial charge in [0.1, 0.15) is 0 Å². The molecule has 0 bridgehead atoms. The highest BCUT2D eigenvalue weighted by molar-refractivity contribution is 6.30. The molecule has 0 spiro atoms. The fourth-order valence-electron chi connectivity index (χ4n) is 2.45. The zero-order valence-electron chi connectivity index (χ0n) is 9.01. The minimum absolute atomic E-state index is 0.823. The molecule has 1 unspecified atom stereocenters. The lowest BCUT2D eigenvalue weighted by Crippen LogP contribution is -2.15. The van der Waals surface area contributed by atoms with E-state index in [0.717, 1.165) is 23.9 Å². The van der Waals surface area contributed by atoms with Crippen LogP contribution in [0.5, 0.6) is 0 Å². The molecule has 0 saturated carbocycles. The number of hydrogen-bond acceptors (Lipinski definition) is 1. The van der Waals surface area contributed by atoms with Gasteiger partial charge in [0.2, 0.25) is 0 Å². The Morgan fingerprint density at radius 1 is 1.33 bits per heavy atom. The van der Waals surface area contributed by atoms with Crippen LogP contribution in [0, 0.1) is 5.92 Å². The first kappa shape index (κ1) is 11.0. The molecule has 1 aromatic carbocycles. The van der Waals surface area contributed by atoms with Crippen molar-refractivity contribution in [2.45, 2.75) is 32.1 Å². The summed E-state index contributed by atoms with van der Waals surface area (Å²) in [4.78, 5) is 0. The number of nitrogens with two attached hydrogens (primary N) is 1. The van der Waals surface area contributed by atoms with Crippen molar-refractivity contribution in [3.63, 3.8) is 0 Å². The van der Waals surface area contributed by atoms with Gasteiger partial charge in [-0.15, -0.1) is 0 Å². The summed E-state index contributed by atoms with van der Waals surface area (Å²) in [5, 5.41) is 0.870. The third-order valence-corrected chi connectivity index (χ3v) is 3.55. The monoisotopic (exact) mass is 223 g/mol. The maximum absolute atomic E-state index is 5.98. The third kappa shape index (κ3) is 2.73. The Labute approximate surface area is 96.6 Å². The molecule has 15 heavy (non-hydrogen) atoms. The van der Waals surface area contributed by atoms with E-state index in [1.165, 1.54) is 36.8 Å². The van der Waals surface area contributed by atoms with Crippen molar-refractivity contribution in [1.82, 2.24) is 0 Å². The van der Waals surface area contributed by atoms with Gasteiger partial charge in [0.15, 0.2) is 0 Å². The largest absolute Gasteiger partial charge is 0.330 e. The Balaban J connectivity index is 2.03. The van der Waals surface area contributed by atoms with E-state index in [1.54, 1.807) is 0 Å². The van der Waals surface area contributed by atoms with E-state index in [2.05, 4.69) is 12.1 Å². The van der Waals surface area contributed by atoms with Crippen LogP contribution < -0.4 is 5.73 Å². The molecule has 1 atom stereocenters. The molecule has 0 aliphatic heterocycles. The molecule has 0 amide bonds. The number of halogens is 1. The average molecular weight is 224 g/mol. The lowest BCUT2D eigenvalue weighted by Gasteiger charge is -2.24. The zero-order valence-corrected chi connectivity index (χ0v) is 9.76. The number of benzene rings is 1. The number of hydrogen-bond donors (Lipinski definition) is 1. The van der Waals surface area contributed by atoms with E-state index in [-0.39, 0.29) is 0 Å². The van der Waals surface area contributed by atoms with Crippen molar-refractivity contribution < 1.29 is 0 Å². The molecule has 1 aliphatic carbocycles. The molecule has 0 radical (unpaired) electrons. The van der Waals surface area contributed by atoms with Crippen molar-refractivity contribution in [2.75, 3.05) is 6.54 Å². The molecule has 2 N–H and O–H groups in total. The average Bonchev–Trinajstić information content (AvgIpc) is 2.26. The minimum atomic E-state index is 0.823. The molecule has 0 saturated heterocycles. The number of aryl methyl sites for hydroxylation is 1. The molecule has 0 heterocycles. The predicted molar refractivity (Wildman–Crippen MR) is 65.3 cm³/mol. The minimum Gasteiger partial charge on any atom is -0.330 e. The van der Waals surface area contributed by atoms with Gasteiger partial charge in [-0.3, -0.25) is 0 Å². The van der Waals surface area contributed by atoms with E-state index >= 15 is 0 Å². The van der Waals surface area contributed by atoms with E-state index in [9.17, 15) is 0 Å². The molecule has 1 nitrogen and oxygen atoms in total. The number of fused-ring (bicyclic) bond motifs is 1. The summed E-state index contributed by atoms with van der Waals surface area (Å²) in [6.07, 6.45) is 6.14. The summed E-state index contributed by atoms with van der Waals surface area (Å²) < 4.78 is 0. The smallest absolute Gasteiger partial charge is 0.0408 e. The van der Waals surface area contributed by atoms with Crippen LogP contribution in [0.4, 0.5) is 0 Å². The predicted octanol–water partition coefficient (Wildman–Crippen LogP) is 3.18. The van der Waals surface area contributed by atoms with Crippen molar-refractivity contribution in [3.8, 4) is 0 Å². The van der Waals surface area contributed by atoms with Gasteiger partial charge in [0, 0.05) is 5.02 Å². The van der Waals surface area contributed by atoms with Crippen molar-refractivity contribution in [3.05, 3.63) is 34.3 Å². The maximum Gasteiger partial charge on any atom is 0.0408 e. The summed E-state index contributed by atoms with van der Waals surface area (Å²) in [6, 6.07) is 6.31. The van der Waals surface area contributed by atoms with Crippen LogP contribution in [-0.4, -0.2) is 6.54 Å². The fraction of sp³-hybridized carbons (Fsp3) is 0.538. The van der Waals surface area contributed by atoms with Crippen molar-refractivity contribution in [2.24, 2.45) is 11.7 Å². The Hall–Kier alpha value is -0.530. The van der Waals surface area contributed by atoms with Crippen molar-refractivity contribution >= 4 is 11.6 Å². The topological polar surface area (TPSA) is 26.0 Å².